The van der Waals surface area contributed by atoms with Crippen molar-refractivity contribution in [3.8, 4) is 0 Å². The molecule has 3 rings (SSSR count). The lowest BCUT2D eigenvalue weighted by Gasteiger charge is -2.19. The van der Waals surface area contributed by atoms with Gasteiger partial charge in [-0.1, -0.05) is 55.7 Å². The highest BCUT2D eigenvalue weighted by Crippen LogP contribution is 2.31. The topological polar surface area (TPSA) is 46.0 Å². The van der Waals surface area contributed by atoms with Crippen molar-refractivity contribution in [2.45, 2.75) is 38.0 Å². The molecule has 0 amide bonds. The van der Waals surface area contributed by atoms with Gasteiger partial charge < -0.3 is 0 Å². The van der Waals surface area contributed by atoms with Crippen molar-refractivity contribution in [3.05, 3.63) is 52.6 Å². The number of allylic oxidation sites excluding steroid dienone is 1. The summed E-state index contributed by atoms with van der Waals surface area (Å²) in [6, 6.07) is 10.2. The predicted molar refractivity (Wildman–Crippen MR) is 92.6 cm³/mol. The van der Waals surface area contributed by atoms with Crippen LogP contribution < -0.4 is 0 Å². The van der Waals surface area contributed by atoms with E-state index in [2.05, 4.69) is 27.4 Å². The smallest absolute Gasteiger partial charge is 0.216 e. The Labute approximate surface area is 135 Å². The average Bonchev–Trinajstić information content (AvgIpc) is 2.94. The van der Waals surface area contributed by atoms with Crippen LogP contribution in [0.4, 0.5) is 0 Å². The molecule has 22 heavy (non-hydrogen) atoms. The molecule has 0 atom stereocenters. The molecular weight excluding hydrogens is 292 g/mol. The quantitative estimate of drug-likeness (QED) is 0.665. The summed E-state index contributed by atoms with van der Waals surface area (Å²) in [5.41, 5.74) is 1.15. The van der Waals surface area contributed by atoms with Gasteiger partial charge >= 0.3 is 0 Å². The van der Waals surface area contributed by atoms with Crippen LogP contribution in [0.5, 0.6) is 0 Å². The van der Waals surface area contributed by atoms with Gasteiger partial charge in [0.1, 0.15) is 0 Å². The van der Waals surface area contributed by atoms with Crippen LogP contribution in [-0.4, -0.2) is 21.1 Å². The van der Waals surface area contributed by atoms with Gasteiger partial charge in [0.25, 0.3) is 0 Å². The van der Waals surface area contributed by atoms with Gasteiger partial charge in [0.2, 0.25) is 4.77 Å². The van der Waals surface area contributed by atoms with Crippen LogP contribution in [-0.2, 0) is 0 Å². The van der Waals surface area contributed by atoms with E-state index in [1.165, 1.54) is 32.1 Å². The minimum Gasteiger partial charge on any atom is -0.250 e. The van der Waals surface area contributed by atoms with Crippen molar-refractivity contribution in [1.82, 2.24) is 14.9 Å². The number of aromatic nitrogens is 3. The van der Waals surface area contributed by atoms with Crippen LogP contribution in [0.2, 0.25) is 0 Å². The number of H-pyrrole nitrogens is 1. The third-order valence-corrected chi connectivity index (χ3v) is 4.27. The van der Waals surface area contributed by atoms with E-state index >= 15 is 0 Å². The van der Waals surface area contributed by atoms with Gasteiger partial charge in [-0.15, -0.1) is 0 Å². The second-order valence-corrected chi connectivity index (χ2v) is 5.95. The van der Waals surface area contributed by atoms with Crippen molar-refractivity contribution in [2.75, 3.05) is 0 Å². The van der Waals surface area contributed by atoms with Crippen LogP contribution in [0.3, 0.4) is 0 Å². The fraction of sp³-hybridized carbons (Fsp3) is 0.353. The molecule has 114 valence electrons. The first kappa shape index (κ1) is 14.9. The van der Waals surface area contributed by atoms with E-state index in [0.29, 0.717) is 10.7 Å². The van der Waals surface area contributed by atoms with E-state index < -0.39 is 0 Å². The van der Waals surface area contributed by atoms with Crippen molar-refractivity contribution < 1.29 is 0 Å². The van der Waals surface area contributed by atoms with E-state index in [-0.39, 0.29) is 0 Å². The lowest BCUT2D eigenvalue weighted by molar-refractivity contribution is 0.419. The van der Waals surface area contributed by atoms with Crippen LogP contribution in [0.15, 0.2) is 41.5 Å². The maximum absolute atomic E-state index is 5.29. The van der Waals surface area contributed by atoms with Crippen molar-refractivity contribution in [2.24, 2.45) is 5.10 Å². The van der Waals surface area contributed by atoms with Crippen LogP contribution in [0, 0.1) is 4.77 Å². The van der Waals surface area contributed by atoms with Crippen molar-refractivity contribution in [3.63, 3.8) is 0 Å². The normalized spacial score (nSPS) is 16.7. The SMILES string of the molecule is S=c1[nH]nc(C2CCCCC2)n1N=C/C=C/c1ccccc1. The van der Waals surface area contributed by atoms with Crippen molar-refractivity contribution >= 4 is 24.5 Å². The standard InChI is InChI=1S/C17H20N4S/c22-17-20-19-16(15-11-5-2-6-12-15)21(17)18-13-7-10-14-8-3-1-4-9-14/h1,3-4,7-10,13,15H,2,5-6,11-12H2,(H,20,22)/b10-7+,18-13?. The van der Waals surface area contributed by atoms with Gasteiger partial charge in [-0.05, 0) is 36.7 Å². The third kappa shape index (κ3) is 3.60. The number of hydrogen-bond donors (Lipinski definition) is 1. The van der Waals surface area contributed by atoms with Crippen LogP contribution in [0.1, 0.15) is 49.4 Å². The Morgan fingerprint density at radius 1 is 1.18 bits per heavy atom. The zero-order chi connectivity index (χ0) is 15.2. The van der Waals surface area contributed by atoms with Gasteiger partial charge in [0.15, 0.2) is 5.82 Å². The summed E-state index contributed by atoms with van der Waals surface area (Å²) in [6.07, 6.45) is 11.9. The van der Waals surface area contributed by atoms with Gasteiger partial charge in [-0.3, -0.25) is 5.10 Å². The van der Waals surface area contributed by atoms with Gasteiger partial charge in [-0.2, -0.15) is 14.9 Å². The lowest BCUT2D eigenvalue weighted by atomic mass is 9.89. The summed E-state index contributed by atoms with van der Waals surface area (Å²) in [7, 11) is 0. The van der Waals surface area contributed by atoms with E-state index in [0.717, 1.165) is 11.4 Å². The van der Waals surface area contributed by atoms with Gasteiger partial charge in [-0.25, -0.2) is 0 Å². The van der Waals surface area contributed by atoms with Crippen molar-refractivity contribution in [1.29, 1.82) is 0 Å². The molecule has 2 aromatic rings. The maximum Gasteiger partial charge on any atom is 0.216 e. The molecule has 0 bridgehead atoms. The van der Waals surface area contributed by atoms with E-state index in [9.17, 15) is 0 Å². The van der Waals surface area contributed by atoms with Crippen LogP contribution in [0.25, 0.3) is 6.08 Å². The number of nitrogens with zero attached hydrogens (tertiary/aromatic N) is 3. The Kier molecular flexibility index (Phi) is 4.96. The summed E-state index contributed by atoms with van der Waals surface area (Å²) in [6.45, 7) is 0. The first-order valence-corrected chi connectivity index (χ1v) is 8.19. The molecule has 1 aliphatic rings. The molecule has 1 fully saturated rings. The zero-order valence-corrected chi connectivity index (χ0v) is 13.3. The third-order valence-electron chi connectivity index (χ3n) is 4.00. The first-order valence-electron chi connectivity index (χ1n) is 7.78. The molecule has 1 aromatic heterocycles. The monoisotopic (exact) mass is 312 g/mol. The summed E-state index contributed by atoms with van der Waals surface area (Å²) < 4.78 is 2.32. The minimum absolute atomic E-state index is 0.469. The molecule has 0 radical (unpaired) electrons. The van der Waals surface area contributed by atoms with Crippen LogP contribution >= 0.6 is 12.2 Å². The summed E-state index contributed by atoms with van der Waals surface area (Å²) in [4.78, 5) is 0. The molecular formula is C17H20N4S. The zero-order valence-electron chi connectivity index (χ0n) is 12.5. The predicted octanol–water partition coefficient (Wildman–Crippen LogP) is 4.54. The van der Waals surface area contributed by atoms with E-state index in [1.54, 1.807) is 10.9 Å². The molecule has 1 saturated carbocycles. The Hall–Kier alpha value is -2.01. The molecule has 0 saturated heterocycles. The number of nitrogens with one attached hydrogen (secondary N) is 1. The van der Waals surface area contributed by atoms with E-state index in [4.69, 9.17) is 12.2 Å². The number of rotatable bonds is 4. The largest absolute Gasteiger partial charge is 0.250 e. The Bertz CT molecular complexity index is 706. The molecule has 1 heterocycles. The fourth-order valence-corrected chi connectivity index (χ4v) is 3.05. The molecule has 0 spiro atoms. The van der Waals surface area contributed by atoms with Gasteiger partial charge in [0, 0.05) is 12.1 Å². The van der Waals surface area contributed by atoms with Gasteiger partial charge in [0.05, 0.1) is 0 Å². The molecule has 4 nitrogen and oxygen atoms in total. The molecule has 0 unspecified atom stereocenters. The maximum atomic E-state index is 5.29. The lowest BCUT2D eigenvalue weighted by Crippen LogP contribution is -2.10. The number of benzene rings is 1. The Balaban J connectivity index is 1.74. The number of aromatic amines is 1. The van der Waals surface area contributed by atoms with E-state index in [1.807, 2.05) is 30.4 Å². The fourth-order valence-electron chi connectivity index (χ4n) is 2.86. The highest BCUT2D eigenvalue weighted by atomic mass is 32.1. The Morgan fingerprint density at radius 2 is 1.95 bits per heavy atom. The summed E-state index contributed by atoms with van der Waals surface area (Å²) in [5.74, 6) is 1.44. The summed E-state index contributed by atoms with van der Waals surface area (Å²) >= 11 is 5.29. The molecule has 5 heteroatoms. The molecule has 1 aliphatic carbocycles. The molecule has 0 aliphatic heterocycles. The minimum atomic E-state index is 0.469. The highest BCUT2D eigenvalue weighted by Gasteiger charge is 2.21. The number of hydrogen-bond acceptors (Lipinski definition) is 3. The molecule has 1 N–H and O–H groups in total. The highest BCUT2D eigenvalue weighted by molar-refractivity contribution is 7.71. The average molecular weight is 312 g/mol. The first-order chi connectivity index (χ1) is 10.8. The summed E-state index contributed by atoms with van der Waals surface area (Å²) in [5, 5.41) is 11.7. The molecule has 1 aromatic carbocycles. The second-order valence-electron chi connectivity index (χ2n) is 5.57. The second kappa shape index (κ2) is 7.31. The Morgan fingerprint density at radius 3 is 2.73 bits per heavy atom.